The van der Waals surface area contributed by atoms with Crippen LogP contribution in [0.15, 0.2) is 18.9 Å². The van der Waals surface area contributed by atoms with Crippen LogP contribution in [0.1, 0.15) is 12.1 Å². The fraction of sp³-hybridized carbons (Fsp3) is 0.500. The first-order chi connectivity index (χ1) is 5.83. The third-order valence-corrected chi connectivity index (χ3v) is 1.48. The van der Waals surface area contributed by atoms with Crippen LogP contribution in [-0.4, -0.2) is 21.5 Å². The molecule has 0 amide bonds. The zero-order valence-electron chi connectivity index (χ0n) is 7.32. The summed E-state index contributed by atoms with van der Waals surface area (Å²) in [6.07, 6.45) is 4.78. The number of nitrogens with one attached hydrogen (secondary N) is 1. The lowest BCUT2D eigenvalue weighted by Gasteiger charge is -1.97. The molecule has 1 aromatic heterocycles. The molecule has 0 aliphatic heterocycles. The highest BCUT2D eigenvalue weighted by Gasteiger charge is 1.95. The van der Waals surface area contributed by atoms with Crippen LogP contribution in [0.2, 0.25) is 0 Å². The van der Waals surface area contributed by atoms with Gasteiger partial charge >= 0.3 is 0 Å². The van der Waals surface area contributed by atoms with Crippen molar-refractivity contribution in [2.45, 2.75) is 13.0 Å². The number of aromatic nitrogens is 3. The average molecular weight is 166 g/mol. The fourth-order valence-electron chi connectivity index (χ4n) is 0.897. The first-order valence-corrected chi connectivity index (χ1v) is 3.99. The molecule has 12 heavy (non-hydrogen) atoms. The van der Waals surface area contributed by atoms with Gasteiger partial charge in [0, 0.05) is 19.8 Å². The van der Waals surface area contributed by atoms with Gasteiger partial charge in [0.05, 0.1) is 5.69 Å². The second-order valence-corrected chi connectivity index (χ2v) is 2.64. The van der Waals surface area contributed by atoms with E-state index in [1.54, 1.807) is 4.68 Å². The summed E-state index contributed by atoms with van der Waals surface area (Å²) < 4.78 is 1.70. The first-order valence-electron chi connectivity index (χ1n) is 3.99. The van der Waals surface area contributed by atoms with E-state index in [0.29, 0.717) is 0 Å². The summed E-state index contributed by atoms with van der Waals surface area (Å²) in [7, 11) is 1.86. The molecule has 0 unspecified atom stereocenters. The molecule has 0 bridgehead atoms. The van der Waals surface area contributed by atoms with Gasteiger partial charge in [-0.15, -0.1) is 11.7 Å². The Morgan fingerprint density at radius 2 is 2.58 bits per heavy atom. The smallest absolute Gasteiger partial charge is 0.0964 e. The molecule has 0 saturated heterocycles. The third-order valence-electron chi connectivity index (χ3n) is 1.48. The minimum atomic E-state index is 0.779. The van der Waals surface area contributed by atoms with Gasteiger partial charge < -0.3 is 5.32 Å². The number of aryl methyl sites for hydroxylation is 1. The highest BCUT2D eigenvalue weighted by molar-refractivity contribution is 4.90. The molecule has 1 N–H and O–H groups in total. The maximum Gasteiger partial charge on any atom is 0.0964 e. The molecule has 0 radical (unpaired) electrons. The molecule has 4 heteroatoms. The molecule has 1 heterocycles. The van der Waals surface area contributed by atoms with E-state index in [0.717, 1.165) is 25.2 Å². The SMILES string of the molecule is C=CCCNCc1cn(C)nn1. The molecular weight excluding hydrogens is 152 g/mol. The van der Waals surface area contributed by atoms with E-state index in [-0.39, 0.29) is 0 Å². The van der Waals surface area contributed by atoms with Crippen molar-refractivity contribution in [1.29, 1.82) is 0 Å². The summed E-state index contributed by atoms with van der Waals surface area (Å²) in [6, 6.07) is 0. The van der Waals surface area contributed by atoms with Gasteiger partial charge in [-0.2, -0.15) is 0 Å². The predicted molar refractivity (Wildman–Crippen MR) is 47.5 cm³/mol. The standard InChI is InChI=1S/C8H14N4/c1-3-4-5-9-6-8-7-12(2)11-10-8/h3,7,9H,1,4-6H2,2H3. The lowest BCUT2D eigenvalue weighted by atomic mass is 10.4. The minimum Gasteiger partial charge on any atom is -0.311 e. The Bertz CT molecular complexity index is 241. The molecule has 66 valence electrons. The monoisotopic (exact) mass is 166 g/mol. The minimum absolute atomic E-state index is 0.779. The Balaban J connectivity index is 2.19. The van der Waals surface area contributed by atoms with Gasteiger partial charge in [-0.05, 0) is 13.0 Å². The molecule has 0 saturated carbocycles. The number of hydrogen-bond donors (Lipinski definition) is 1. The van der Waals surface area contributed by atoms with Crippen molar-refractivity contribution >= 4 is 0 Å². The summed E-state index contributed by atoms with van der Waals surface area (Å²) in [5.74, 6) is 0. The second-order valence-electron chi connectivity index (χ2n) is 2.64. The first kappa shape index (κ1) is 8.93. The molecule has 1 aromatic rings. The highest BCUT2D eigenvalue weighted by atomic mass is 15.4. The van der Waals surface area contributed by atoms with Gasteiger partial charge in [-0.25, -0.2) is 0 Å². The highest BCUT2D eigenvalue weighted by Crippen LogP contribution is 1.89. The molecule has 0 aliphatic rings. The quantitative estimate of drug-likeness (QED) is 0.511. The predicted octanol–water partition coefficient (Wildman–Crippen LogP) is 0.481. The number of hydrogen-bond acceptors (Lipinski definition) is 3. The van der Waals surface area contributed by atoms with Crippen molar-refractivity contribution in [3.63, 3.8) is 0 Å². The van der Waals surface area contributed by atoms with Crippen molar-refractivity contribution in [2.24, 2.45) is 7.05 Å². The van der Waals surface area contributed by atoms with E-state index in [1.807, 2.05) is 19.3 Å². The van der Waals surface area contributed by atoms with Gasteiger partial charge in [0.25, 0.3) is 0 Å². The average Bonchev–Trinajstić information content (AvgIpc) is 2.45. The van der Waals surface area contributed by atoms with Crippen molar-refractivity contribution in [3.8, 4) is 0 Å². The van der Waals surface area contributed by atoms with Crippen LogP contribution in [0, 0.1) is 0 Å². The Hall–Kier alpha value is -1.16. The van der Waals surface area contributed by atoms with Crippen LogP contribution >= 0.6 is 0 Å². The molecule has 0 aliphatic carbocycles. The van der Waals surface area contributed by atoms with Gasteiger partial charge in [-0.3, -0.25) is 4.68 Å². The second kappa shape index (κ2) is 4.66. The third kappa shape index (κ3) is 2.84. The van der Waals surface area contributed by atoms with Crippen LogP contribution < -0.4 is 5.32 Å². The normalized spacial score (nSPS) is 10.1. The Morgan fingerprint density at radius 3 is 3.17 bits per heavy atom. The topological polar surface area (TPSA) is 42.7 Å². The van der Waals surface area contributed by atoms with Crippen molar-refractivity contribution < 1.29 is 0 Å². The lowest BCUT2D eigenvalue weighted by Crippen LogP contribution is -2.14. The van der Waals surface area contributed by atoms with E-state index in [4.69, 9.17) is 0 Å². The van der Waals surface area contributed by atoms with Gasteiger partial charge in [-0.1, -0.05) is 11.3 Å². The van der Waals surface area contributed by atoms with Crippen LogP contribution in [-0.2, 0) is 13.6 Å². The zero-order chi connectivity index (χ0) is 8.81. The van der Waals surface area contributed by atoms with E-state index in [2.05, 4.69) is 22.2 Å². The molecule has 0 fully saturated rings. The number of rotatable bonds is 5. The van der Waals surface area contributed by atoms with E-state index >= 15 is 0 Å². The molecule has 0 spiro atoms. The Morgan fingerprint density at radius 1 is 1.75 bits per heavy atom. The number of nitrogens with zero attached hydrogens (tertiary/aromatic N) is 3. The van der Waals surface area contributed by atoms with Gasteiger partial charge in [0.1, 0.15) is 0 Å². The maximum atomic E-state index is 3.94. The van der Waals surface area contributed by atoms with Crippen LogP contribution in [0.4, 0.5) is 0 Å². The Kier molecular flexibility index (Phi) is 3.47. The zero-order valence-corrected chi connectivity index (χ0v) is 7.32. The molecular formula is C8H14N4. The van der Waals surface area contributed by atoms with E-state index in [1.165, 1.54) is 0 Å². The summed E-state index contributed by atoms with van der Waals surface area (Å²) in [5, 5.41) is 11.0. The maximum absolute atomic E-state index is 3.94. The van der Waals surface area contributed by atoms with Gasteiger partial charge in [0.15, 0.2) is 0 Å². The molecule has 1 rings (SSSR count). The summed E-state index contributed by atoms with van der Waals surface area (Å²) in [5.41, 5.74) is 0.974. The van der Waals surface area contributed by atoms with E-state index in [9.17, 15) is 0 Å². The largest absolute Gasteiger partial charge is 0.311 e. The van der Waals surface area contributed by atoms with Crippen molar-refractivity contribution in [3.05, 3.63) is 24.5 Å². The Labute approximate surface area is 72.3 Å². The summed E-state index contributed by atoms with van der Waals surface area (Å²) in [4.78, 5) is 0. The van der Waals surface area contributed by atoms with Crippen molar-refractivity contribution in [2.75, 3.05) is 6.54 Å². The van der Waals surface area contributed by atoms with Crippen LogP contribution in [0.5, 0.6) is 0 Å². The van der Waals surface area contributed by atoms with Crippen molar-refractivity contribution in [1.82, 2.24) is 20.3 Å². The fourth-order valence-corrected chi connectivity index (χ4v) is 0.897. The molecule has 4 nitrogen and oxygen atoms in total. The molecule has 0 atom stereocenters. The van der Waals surface area contributed by atoms with Crippen LogP contribution in [0.25, 0.3) is 0 Å². The van der Waals surface area contributed by atoms with Crippen LogP contribution in [0.3, 0.4) is 0 Å². The lowest BCUT2D eigenvalue weighted by molar-refractivity contribution is 0.677. The molecule has 0 aromatic carbocycles. The van der Waals surface area contributed by atoms with E-state index < -0.39 is 0 Å². The van der Waals surface area contributed by atoms with Gasteiger partial charge in [0.2, 0.25) is 0 Å². The summed E-state index contributed by atoms with van der Waals surface area (Å²) in [6.45, 7) is 5.36. The summed E-state index contributed by atoms with van der Waals surface area (Å²) >= 11 is 0.